The summed E-state index contributed by atoms with van der Waals surface area (Å²) in [6.45, 7) is 0. The molecule has 4 aromatic rings. The second kappa shape index (κ2) is 6.41. The summed E-state index contributed by atoms with van der Waals surface area (Å²) in [5, 5.41) is 14.7. The minimum absolute atomic E-state index is 0.0677. The number of anilines is 1. The van der Waals surface area contributed by atoms with Gasteiger partial charge in [0.05, 0.1) is 12.8 Å². The summed E-state index contributed by atoms with van der Waals surface area (Å²) in [7, 11) is 1.61. The van der Waals surface area contributed by atoms with Crippen LogP contribution in [0.25, 0.3) is 16.2 Å². The number of rotatable bonds is 4. The summed E-state index contributed by atoms with van der Waals surface area (Å²) in [6.07, 6.45) is 0. The monoisotopic (exact) mass is 368 g/mol. The maximum absolute atomic E-state index is 12.2. The van der Waals surface area contributed by atoms with Crippen LogP contribution in [0.1, 0.15) is 10.5 Å². The van der Waals surface area contributed by atoms with E-state index >= 15 is 0 Å². The molecule has 10 heteroatoms. The van der Waals surface area contributed by atoms with Crippen molar-refractivity contribution in [2.45, 2.75) is 0 Å². The van der Waals surface area contributed by atoms with Gasteiger partial charge in [-0.25, -0.2) is 9.61 Å². The first kappa shape index (κ1) is 16.0. The summed E-state index contributed by atoms with van der Waals surface area (Å²) in [6, 6.07) is 10.1. The summed E-state index contributed by atoms with van der Waals surface area (Å²) < 4.78 is 6.82. The number of thiazole rings is 1. The van der Waals surface area contributed by atoms with Gasteiger partial charge in [-0.15, -0.1) is 16.4 Å². The fourth-order valence-corrected chi connectivity index (χ4v) is 3.16. The highest BCUT2D eigenvalue weighted by Gasteiger charge is 2.15. The molecular weight excluding hydrogens is 356 g/mol. The maximum Gasteiger partial charge on any atom is 0.278 e. The lowest BCUT2D eigenvalue weighted by Gasteiger charge is -2.02. The average molecular weight is 368 g/mol. The van der Waals surface area contributed by atoms with Crippen molar-refractivity contribution >= 4 is 28.2 Å². The molecule has 0 unspecified atom stereocenters. The third kappa shape index (κ3) is 2.93. The molecule has 3 heterocycles. The SMILES string of the molecule is COc1ccc(-c2csc3nc(NC(=O)c4ccc(=O)[nH]n4)nn23)cc1. The number of H-pyrrole nitrogens is 1. The summed E-state index contributed by atoms with van der Waals surface area (Å²) in [5.74, 6) is 0.412. The number of hydrogen-bond acceptors (Lipinski definition) is 7. The molecule has 9 nitrogen and oxygen atoms in total. The van der Waals surface area contributed by atoms with Gasteiger partial charge in [0, 0.05) is 17.0 Å². The molecule has 0 spiro atoms. The molecule has 0 saturated carbocycles. The van der Waals surface area contributed by atoms with Crippen LogP contribution in [0, 0.1) is 0 Å². The van der Waals surface area contributed by atoms with Crippen molar-refractivity contribution < 1.29 is 9.53 Å². The molecule has 1 amide bonds. The van der Waals surface area contributed by atoms with E-state index in [2.05, 4.69) is 25.6 Å². The number of ether oxygens (including phenoxy) is 1. The molecule has 0 fully saturated rings. The van der Waals surface area contributed by atoms with E-state index in [4.69, 9.17) is 4.74 Å². The van der Waals surface area contributed by atoms with Gasteiger partial charge < -0.3 is 4.74 Å². The molecule has 3 aromatic heterocycles. The van der Waals surface area contributed by atoms with Crippen molar-refractivity contribution in [3.63, 3.8) is 0 Å². The largest absolute Gasteiger partial charge is 0.497 e. The highest BCUT2D eigenvalue weighted by atomic mass is 32.1. The number of benzene rings is 1. The zero-order valence-corrected chi connectivity index (χ0v) is 14.3. The molecule has 0 radical (unpaired) electrons. The van der Waals surface area contributed by atoms with Crippen LogP contribution in [0.3, 0.4) is 0 Å². The lowest BCUT2D eigenvalue weighted by molar-refractivity contribution is 0.102. The molecule has 0 saturated heterocycles. The van der Waals surface area contributed by atoms with E-state index in [-0.39, 0.29) is 17.2 Å². The topological polar surface area (TPSA) is 114 Å². The molecule has 0 aliphatic heterocycles. The normalized spacial score (nSPS) is 10.8. The average Bonchev–Trinajstić information content (AvgIpc) is 3.22. The van der Waals surface area contributed by atoms with Crippen LogP contribution in [0.4, 0.5) is 5.95 Å². The summed E-state index contributed by atoms with van der Waals surface area (Å²) in [5.41, 5.74) is 1.48. The van der Waals surface area contributed by atoms with E-state index in [9.17, 15) is 9.59 Å². The Kier molecular flexibility index (Phi) is 3.93. The quantitative estimate of drug-likeness (QED) is 0.568. The Bertz CT molecular complexity index is 1120. The van der Waals surface area contributed by atoms with Crippen LogP contribution in [0.2, 0.25) is 0 Å². The molecule has 0 atom stereocenters. The predicted molar refractivity (Wildman–Crippen MR) is 95.7 cm³/mol. The standard InChI is InChI=1S/C16H12N6O3S/c1-25-10-4-2-9(3-5-10)12-8-26-16-18-15(21-22(12)16)17-14(24)11-6-7-13(23)20-19-11/h2-8H,1H3,(H,20,23)(H,17,21,24). The van der Waals surface area contributed by atoms with Crippen LogP contribution < -0.4 is 15.6 Å². The van der Waals surface area contributed by atoms with E-state index in [1.807, 2.05) is 29.6 Å². The Morgan fingerprint density at radius 3 is 2.73 bits per heavy atom. The van der Waals surface area contributed by atoms with Gasteiger partial charge in [0.15, 0.2) is 0 Å². The van der Waals surface area contributed by atoms with Gasteiger partial charge in [0.25, 0.3) is 17.4 Å². The Balaban J connectivity index is 1.61. The van der Waals surface area contributed by atoms with Gasteiger partial charge in [-0.2, -0.15) is 10.1 Å². The third-order valence-corrected chi connectivity index (χ3v) is 4.42. The molecule has 26 heavy (non-hydrogen) atoms. The number of methoxy groups -OCH3 is 1. The Labute approximate surface area is 150 Å². The molecular formula is C16H12N6O3S. The lowest BCUT2D eigenvalue weighted by atomic mass is 10.2. The van der Waals surface area contributed by atoms with Crippen LogP contribution in [0.5, 0.6) is 5.75 Å². The molecule has 1 aromatic carbocycles. The summed E-state index contributed by atoms with van der Waals surface area (Å²) >= 11 is 1.41. The predicted octanol–water partition coefficient (Wildman–Crippen LogP) is 1.80. The van der Waals surface area contributed by atoms with E-state index in [1.54, 1.807) is 11.6 Å². The number of nitrogens with one attached hydrogen (secondary N) is 2. The molecule has 0 aliphatic carbocycles. The Hall–Kier alpha value is -3.53. The first-order chi connectivity index (χ1) is 12.6. The second-order valence-corrected chi connectivity index (χ2v) is 6.08. The van der Waals surface area contributed by atoms with Gasteiger partial charge in [-0.1, -0.05) is 0 Å². The van der Waals surface area contributed by atoms with E-state index in [1.165, 1.54) is 23.5 Å². The number of amides is 1. The van der Waals surface area contributed by atoms with Crippen molar-refractivity contribution in [3.05, 3.63) is 57.8 Å². The fourth-order valence-electron chi connectivity index (χ4n) is 2.33. The van der Waals surface area contributed by atoms with Crippen LogP contribution in [0.15, 0.2) is 46.6 Å². The minimum Gasteiger partial charge on any atom is -0.497 e. The zero-order chi connectivity index (χ0) is 18.1. The fraction of sp³-hybridized carbons (Fsp3) is 0.0625. The van der Waals surface area contributed by atoms with Crippen LogP contribution in [-0.4, -0.2) is 37.8 Å². The van der Waals surface area contributed by atoms with Crippen LogP contribution in [-0.2, 0) is 0 Å². The first-order valence-corrected chi connectivity index (χ1v) is 8.38. The lowest BCUT2D eigenvalue weighted by Crippen LogP contribution is -2.18. The van der Waals surface area contributed by atoms with E-state index < -0.39 is 5.91 Å². The molecule has 130 valence electrons. The number of aromatic nitrogens is 5. The zero-order valence-electron chi connectivity index (χ0n) is 13.5. The van der Waals surface area contributed by atoms with Crippen molar-refractivity contribution in [1.82, 2.24) is 24.8 Å². The van der Waals surface area contributed by atoms with Gasteiger partial charge >= 0.3 is 0 Å². The van der Waals surface area contributed by atoms with Gasteiger partial charge in [0.2, 0.25) is 4.96 Å². The highest BCUT2D eigenvalue weighted by molar-refractivity contribution is 7.15. The smallest absolute Gasteiger partial charge is 0.278 e. The second-order valence-electron chi connectivity index (χ2n) is 5.24. The molecule has 4 rings (SSSR count). The highest BCUT2D eigenvalue weighted by Crippen LogP contribution is 2.27. The minimum atomic E-state index is -0.509. The van der Waals surface area contributed by atoms with Gasteiger partial charge in [-0.3, -0.25) is 14.9 Å². The number of carbonyl (C=O) groups excluding carboxylic acids is 1. The van der Waals surface area contributed by atoms with Crippen molar-refractivity contribution in [2.75, 3.05) is 12.4 Å². The molecule has 0 aliphatic rings. The number of hydrogen-bond donors (Lipinski definition) is 2. The van der Waals surface area contributed by atoms with Gasteiger partial charge in [-0.05, 0) is 30.3 Å². The third-order valence-electron chi connectivity index (χ3n) is 3.60. The molecule has 2 N–H and O–H groups in total. The van der Waals surface area contributed by atoms with E-state index in [0.29, 0.717) is 4.96 Å². The number of aromatic amines is 1. The Morgan fingerprint density at radius 1 is 1.23 bits per heavy atom. The Morgan fingerprint density at radius 2 is 2.04 bits per heavy atom. The first-order valence-electron chi connectivity index (χ1n) is 7.50. The number of fused-ring (bicyclic) bond motifs is 1. The summed E-state index contributed by atoms with van der Waals surface area (Å²) in [4.78, 5) is 28.1. The van der Waals surface area contributed by atoms with Crippen molar-refractivity contribution in [2.24, 2.45) is 0 Å². The van der Waals surface area contributed by atoms with E-state index in [0.717, 1.165) is 17.0 Å². The van der Waals surface area contributed by atoms with Gasteiger partial charge in [0.1, 0.15) is 11.4 Å². The number of nitrogens with zero attached hydrogens (tertiary/aromatic N) is 4. The van der Waals surface area contributed by atoms with Crippen LogP contribution >= 0.6 is 11.3 Å². The maximum atomic E-state index is 12.2. The van der Waals surface area contributed by atoms with Crippen molar-refractivity contribution in [1.29, 1.82) is 0 Å². The van der Waals surface area contributed by atoms with Crippen molar-refractivity contribution in [3.8, 4) is 17.0 Å². The molecule has 0 bridgehead atoms. The number of carbonyl (C=O) groups is 1.